The SMILES string of the molecule is C#CCNC.C=C=CC(=O)NCc1ccccc1C(NC1(c2cc(F)cc(/C(C=NC)=C/N)c2)CC1)=C1CCC1. The van der Waals surface area contributed by atoms with Gasteiger partial charge in [0.2, 0.25) is 0 Å². The minimum atomic E-state index is -0.347. The Balaban J connectivity index is 0.000000810. The molecule has 0 unspecified atom stereocenters. The van der Waals surface area contributed by atoms with Crippen LogP contribution in [0.1, 0.15) is 54.4 Å². The van der Waals surface area contributed by atoms with E-state index >= 15 is 0 Å². The number of carbonyl (C=O) groups is 1. The molecule has 2 aromatic carbocycles. The van der Waals surface area contributed by atoms with Gasteiger partial charge in [-0.2, -0.15) is 0 Å². The molecule has 40 heavy (non-hydrogen) atoms. The predicted octanol–water partition coefficient (Wildman–Crippen LogP) is 4.80. The molecule has 2 saturated carbocycles. The first-order valence-corrected chi connectivity index (χ1v) is 13.4. The predicted molar refractivity (Wildman–Crippen MR) is 163 cm³/mol. The summed E-state index contributed by atoms with van der Waals surface area (Å²) >= 11 is 0. The molecule has 0 heterocycles. The highest BCUT2D eigenvalue weighted by atomic mass is 19.1. The molecule has 1 amide bonds. The summed E-state index contributed by atoms with van der Waals surface area (Å²) in [7, 11) is 3.48. The Labute approximate surface area is 237 Å². The Bertz CT molecular complexity index is 1380. The second-order valence-electron chi connectivity index (χ2n) is 9.73. The lowest BCUT2D eigenvalue weighted by Crippen LogP contribution is -2.30. The average Bonchev–Trinajstić information content (AvgIpc) is 3.71. The van der Waals surface area contributed by atoms with E-state index in [0.29, 0.717) is 24.2 Å². The number of rotatable bonds is 10. The Kier molecular flexibility index (Phi) is 11.1. The number of carbonyl (C=O) groups excluding carboxylic acids is 1. The molecular weight excluding hydrogens is 501 g/mol. The van der Waals surface area contributed by atoms with Crippen LogP contribution in [0.5, 0.6) is 0 Å². The Morgan fingerprint density at radius 3 is 2.55 bits per heavy atom. The molecule has 0 bridgehead atoms. The summed E-state index contributed by atoms with van der Waals surface area (Å²) in [6.45, 7) is 4.51. The quantitative estimate of drug-likeness (QED) is 0.151. The van der Waals surface area contributed by atoms with Crippen LogP contribution in [0.4, 0.5) is 4.39 Å². The van der Waals surface area contributed by atoms with Crippen molar-refractivity contribution >= 4 is 23.4 Å². The van der Waals surface area contributed by atoms with Crippen LogP contribution < -0.4 is 21.7 Å². The second-order valence-corrected chi connectivity index (χ2v) is 9.73. The number of terminal acetylenes is 1. The molecule has 2 aromatic rings. The fourth-order valence-electron chi connectivity index (χ4n) is 4.53. The fourth-order valence-corrected chi connectivity index (χ4v) is 4.53. The Morgan fingerprint density at radius 2 is 2.00 bits per heavy atom. The van der Waals surface area contributed by atoms with Gasteiger partial charge in [-0.3, -0.25) is 9.79 Å². The van der Waals surface area contributed by atoms with Gasteiger partial charge in [-0.1, -0.05) is 36.8 Å². The maximum atomic E-state index is 14.7. The lowest BCUT2D eigenvalue weighted by Gasteiger charge is -2.30. The van der Waals surface area contributed by atoms with Gasteiger partial charge in [0.25, 0.3) is 5.91 Å². The van der Waals surface area contributed by atoms with Gasteiger partial charge in [-0.05, 0) is 79.6 Å². The third kappa shape index (κ3) is 7.83. The van der Waals surface area contributed by atoms with Crippen molar-refractivity contribution in [1.82, 2.24) is 16.0 Å². The van der Waals surface area contributed by atoms with Gasteiger partial charge in [0, 0.05) is 48.9 Å². The minimum Gasteiger partial charge on any atom is -0.404 e. The molecule has 2 aliphatic rings. The van der Waals surface area contributed by atoms with E-state index in [1.165, 1.54) is 23.9 Å². The van der Waals surface area contributed by atoms with Gasteiger partial charge < -0.3 is 21.7 Å². The number of nitrogens with zero attached hydrogens (tertiary/aromatic N) is 1. The van der Waals surface area contributed by atoms with Crippen LogP contribution in [0.2, 0.25) is 0 Å². The number of hydrogen-bond acceptors (Lipinski definition) is 5. The zero-order valence-electron chi connectivity index (χ0n) is 23.3. The Morgan fingerprint density at radius 1 is 1.25 bits per heavy atom. The van der Waals surface area contributed by atoms with Crippen molar-refractivity contribution in [2.75, 3.05) is 20.6 Å². The fraction of sp³-hybridized carbons (Fsp3) is 0.303. The van der Waals surface area contributed by atoms with Crippen LogP contribution in [-0.2, 0) is 16.9 Å². The Hall–Kier alpha value is -4.37. The number of nitrogens with one attached hydrogen (secondary N) is 3. The van der Waals surface area contributed by atoms with Crippen LogP contribution in [-0.4, -0.2) is 32.8 Å². The van der Waals surface area contributed by atoms with Gasteiger partial charge >= 0.3 is 0 Å². The number of aliphatic imine (C=N–C) groups is 1. The topological polar surface area (TPSA) is 91.5 Å². The zero-order valence-corrected chi connectivity index (χ0v) is 23.3. The molecule has 0 aliphatic heterocycles. The molecular formula is C33H38FN5O. The van der Waals surface area contributed by atoms with Gasteiger partial charge in [-0.15, -0.1) is 12.2 Å². The molecule has 0 aromatic heterocycles. The van der Waals surface area contributed by atoms with E-state index in [1.807, 2.05) is 31.3 Å². The third-order valence-electron chi connectivity index (χ3n) is 6.91. The summed E-state index contributed by atoms with van der Waals surface area (Å²) in [5, 5.41) is 9.50. The van der Waals surface area contributed by atoms with Crippen LogP contribution in [0.25, 0.3) is 11.3 Å². The average molecular weight is 540 g/mol. The normalized spacial score (nSPS) is 15.1. The maximum absolute atomic E-state index is 14.7. The van der Waals surface area contributed by atoms with E-state index in [0.717, 1.165) is 54.5 Å². The summed E-state index contributed by atoms with van der Waals surface area (Å²) in [6, 6.07) is 13.2. The minimum absolute atomic E-state index is 0.231. The summed E-state index contributed by atoms with van der Waals surface area (Å²) < 4.78 is 14.7. The van der Waals surface area contributed by atoms with Crippen LogP contribution in [0, 0.1) is 18.2 Å². The number of amides is 1. The molecule has 0 spiro atoms. The van der Waals surface area contributed by atoms with Gasteiger partial charge in [-0.25, -0.2) is 4.39 Å². The number of allylic oxidation sites excluding steroid dienone is 2. The smallest absolute Gasteiger partial charge is 0.251 e. The van der Waals surface area contributed by atoms with Crippen LogP contribution >= 0.6 is 0 Å². The molecule has 7 heteroatoms. The van der Waals surface area contributed by atoms with Crippen molar-refractivity contribution in [3.05, 3.63) is 101 Å². The summed E-state index contributed by atoms with van der Waals surface area (Å²) in [5.41, 5.74) is 14.8. The van der Waals surface area contributed by atoms with Crippen molar-refractivity contribution in [3.63, 3.8) is 0 Å². The van der Waals surface area contributed by atoms with Crippen molar-refractivity contribution < 1.29 is 9.18 Å². The van der Waals surface area contributed by atoms with Gasteiger partial charge in [0.1, 0.15) is 5.82 Å². The molecule has 4 rings (SSSR count). The van der Waals surface area contributed by atoms with E-state index in [9.17, 15) is 9.18 Å². The van der Waals surface area contributed by atoms with Crippen LogP contribution in [0.3, 0.4) is 0 Å². The summed E-state index contributed by atoms with van der Waals surface area (Å²) in [5.74, 6) is 1.88. The molecule has 5 N–H and O–H groups in total. The first-order chi connectivity index (χ1) is 19.4. The molecule has 2 fully saturated rings. The molecule has 208 valence electrons. The number of nitrogens with two attached hydrogens (primary N) is 1. The van der Waals surface area contributed by atoms with Crippen LogP contribution in [0.15, 0.2) is 77.6 Å². The standard InChI is InChI=1S/C29H31FN4O.C4H7N/c1-3-7-27(35)33-19-21-8-4-5-11-26(21)28(20-9-6-10-20)34-29(12-13-29)24-14-22(15-25(30)16-24)23(17-31)18-32-2;1-3-4-5-2/h4-5,7-8,11,14-18,34H,1,6,9-10,12-13,19,31H2,2H3,(H,33,35);1,5H,4H2,2H3/b23-17+,32-18?;. The lowest BCUT2D eigenvalue weighted by molar-refractivity contribution is -0.116. The maximum Gasteiger partial charge on any atom is 0.251 e. The number of benzene rings is 2. The third-order valence-corrected chi connectivity index (χ3v) is 6.91. The van der Waals surface area contributed by atoms with E-state index in [-0.39, 0.29) is 17.3 Å². The van der Waals surface area contributed by atoms with E-state index < -0.39 is 0 Å². The molecule has 2 aliphatic carbocycles. The lowest BCUT2D eigenvalue weighted by atomic mass is 9.86. The van der Waals surface area contributed by atoms with Gasteiger partial charge in [0.05, 0.1) is 12.1 Å². The number of halogens is 1. The molecule has 0 atom stereocenters. The zero-order chi connectivity index (χ0) is 29.0. The van der Waals surface area contributed by atoms with E-state index in [2.05, 4.69) is 45.2 Å². The highest BCUT2D eigenvalue weighted by Gasteiger charge is 2.46. The molecule has 6 nitrogen and oxygen atoms in total. The van der Waals surface area contributed by atoms with Crippen molar-refractivity contribution in [1.29, 1.82) is 0 Å². The largest absolute Gasteiger partial charge is 0.404 e. The molecule has 0 saturated heterocycles. The van der Waals surface area contributed by atoms with E-state index in [4.69, 9.17) is 12.2 Å². The first-order valence-electron chi connectivity index (χ1n) is 13.4. The highest BCUT2D eigenvalue weighted by molar-refractivity contribution is 6.09. The number of hydrogen-bond donors (Lipinski definition) is 4. The summed E-state index contributed by atoms with van der Waals surface area (Å²) in [4.78, 5) is 16.0. The monoisotopic (exact) mass is 539 g/mol. The highest BCUT2D eigenvalue weighted by Crippen LogP contribution is 2.49. The molecule has 0 radical (unpaired) electrons. The van der Waals surface area contributed by atoms with Crippen molar-refractivity contribution in [3.8, 4) is 12.3 Å². The second kappa shape index (κ2) is 14.7. The summed E-state index contributed by atoms with van der Waals surface area (Å²) in [6.07, 6.45) is 14.2. The first kappa shape index (κ1) is 30.2. The van der Waals surface area contributed by atoms with Gasteiger partial charge in [0.15, 0.2) is 0 Å². The van der Waals surface area contributed by atoms with Crippen molar-refractivity contribution in [2.24, 2.45) is 10.7 Å². The van der Waals surface area contributed by atoms with E-state index in [1.54, 1.807) is 19.3 Å². The van der Waals surface area contributed by atoms with Crippen molar-refractivity contribution in [2.45, 2.75) is 44.2 Å².